The van der Waals surface area contributed by atoms with E-state index in [4.69, 9.17) is 20.9 Å². The Morgan fingerprint density at radius 2 is 1.84 bits per heavy atom. The molecule has 0 radical (unpaired) electrons. The van der Waals surface area contributed by atoms with E-state index in [1.54, 1.807) is 0 Å². The molecule has 0 aliphatic heterocycles. The first-order valence-corrected chi connectivity index (χ1v) is 6.98. The molecule has 0 saturated carbocycles. The summed E-state index contributed by atoms with van der Waals surface area (Å²) in [6.45, 7) is 5.07. The van der Waals surface area contributed by atoms with Crippen molar-refractivity contribution < 1.29 is 19.0 Å². The molecule has 114 valence electrons. The van der Waals surface area contributed by atoms with E-state index in [1.165, 1.54) is 0 Å². The Morgan fingerprint density at radius 3 is 2.53 bits per heavy atom. The van der Waals surface area contributed by atoms with Crippen LogP contribution < -0.4 is 11.5 Å². The molecule has 0 spiro atoms. The van der Waals surface area contributed by atoms with Gasteiger partial charge in [-0.1, -0.05) is 0 Å². The lowest BCUT2D eigenvalue weighted by Crippen LogP contribution is -2.16. The summed E-state index contributed by atoms with van der Waals surface area (Å²) < 4.78 is 15.6. The summed E-state index contributed by atoms with van der Waals surface area (Å²) in [5, 5.41) is 0. The average molecular weight is 276 g/mol. The molecule has 0 rings (SSSR count). The van der Waals surface area contributed by atoms with Crippen LogP contribution in [0.4, 0.5) is 4.79 Å². The summed E-state index contributed by atoms with van der Waals surface area (Å²) >= 11 is 0. The Labute approximate surface area is 115 Å². The van der Waals surface area contributed by atoms with Crippen LogP contribution in [0.1, 0.15) is 39.0 Å². The second-order valence-corrected chi connectivity index (χ2v) is 4.45. The van der Waals surface area contributed by atoms with Gasteiger partial charge in [-0.25, -0.2) is 4.79 Å². The van der Waals surface area contributed by atoms with Gasteiger partial charge in [0.25, 0.3) is 0 Å². The number of carbonyl (C=O) groups excluding carboxylic acids is 1. The van der Waals surface area contributed by atoms with Gasteiger partial charge in [0, 0.05) is 6.61 Å². The van der Waals surface area contributed by atoms with Crippen molar-refractivity contribution in [2.75, 3.05) is 33.0 Å². The van der Waals surface area contributed by atoms with Crippen molar-refractivity contribution in [1.29, 1.82) is 0 Å². The summed E-state index contributed by atoms with van der Waals surface area (Å²) in [6, 6.07) is 0. The third-order valence-electron chi connectivity index (χ3n) is 2.62. The van der Waals surface area contributed by atoms with Crippen LogP contribution in [-0.4, -0.2) is 45.2 Å². The van der Waals surface area contributed by atoms with E-state index in [9.17, 15) is 4.79 Å². The number of hydrogen-bond donors (Lipinski definition) is 2. The van der Waals surface area contributed by atoms with Crippen molar-refractivity contribution in [1.82, 2.24) is 0 Å². The van der Waals surface area contributed by atoms with Crippen LogP contribution in [0.3, 0.4) is 0 Å². The van der Waals surface area contributed by atoms with Crippen molar-refractivity contribution in [3.63, 3.8) is 0 Å². The fraction of sp³-hybridized carbons (Fsp3) is 0.923. The number of nitrogens with two attached hydrogens (primary N) is 2. The molecule has 0 saturated heterocycles. The molecule has 0 aliphatic rings. The Hall–Kier alpha value is -0.850. The predicted octanol–water partition coefficient (Wildman–Crippen LogP) is 1.41. The molecule has 0 aromatic heterocycles. The molecule has 0 bridgehead atoms. The second kappa shape index (κ2) is 13.6. The molecule has 0 aromatic rings. The maximum absolute atomic E-state index is 10.3. The summed E-state index contributed by atoms with van der Waals surface area (Å²) in [5.41, 5.74) is 10.2. The molecule has 0 heterocycles. The largest absolute Gasteiger partial charge is 0.450 e. The predicted molar refractivity (Wildman–Crippen MR) is 73.9 cm³/mol. The molecule has 19 heavy (non-hydrogen) atoms. The summed E-state index contributed by atoms with van der Waals surface area (Å²) in [7, 11) is 0. The minimum absolute atomic E-state index is 0.136. The van der Waals surface area contributed by atoms with Gasteiger partial charge in [-0.3, -0.25) is 0 Å². The van der Waals surface area contributed by atoms with Crippen LogP contribution in [0, 0.1) is 0 Å². The monoisotopic (exact) mass is 276 g/mol. The zero-order valence-electron chi connectivity index (χ0n) is 11.9. The second-order valence-electron chi connectivity index (χ2n) is 4.45. The Morgan fingerprint density at radius 1 is 1.05 bits per heavy atom. The number of unbranched alkanes of at least 4 members (excludes halogenated alkanes) is 2. The number of rotatable bonds is 13. The number of primary amides is 1. The number of ether oxygens (including phenoxy) is 3. The molecule has 4 N–H and O–H groups in total. The molecular weight excluding hydrogens is 248 g/mol. The van der Waals surface area contributed by atoms with Gasteiger partial charge >= 0.3 is 6.09 Å². The van der Waals surface area contributed by atoms with Gasteiger partial charge in [0.1, 0.15) is 0 Å². The van der Waals surface area contributed by atoms with Gasteiger partial charge in [0.05, 0.1) is 25.9 Å². The van der Waals surface area contributed by atoms with E-state index in [0.717, 1.165) is 45.3 Å². The first-order chi connectivity index (χ1) is 9.16. The number of amides is 1. The van der Waals surface area contributed by atoms with Gasteiger partial charge in [-0.05, 0) is 45.6 Å². The maximum atomic E-state index is 10.3. The fourth-order valence-corrected chi connectivity index (χ4v) is 1.56. The third-order valence-corrected chi connectivity index (χ3v) is 2.62. The molecule has 1 atom stereocenters. The van der Waals surface area contributed by atoms with E-state index < -0.39 is 6.09 Å². The molecular formula is C13H28N2O4. The van der Waals surface area contributed by atoms with Gasteiger partial charge in [0.2, 0.25) is 0 Å². The van der Waals surface area contributed by atoms with Crippen LogP contribution in [0.5, 0.6) is 0 Å². The van der Waals surface area contributed by atoms with Crippen molar-refractivity contribution in [3.8, 4) is 0 Å². The normalized spacial score (nSPS) is 12.3. The summed E-state index contributed by atoms with van der Waals surface area (Å²) in [4.78, 5) is 10.3. The number of carbonyl (C=O) groups is 1. The van der Waals surface area contributed by atoms with E-state index in [-0.39, 0.29) is 6.10 Å². The SMILES string of the molecule is CC(CCCOC(N)=O)OCCOCCCCCN. The molecule has 6 heteroatoms. The lowest BCUT2D eigenvalue weighted by atomic mass is 10.2. The summed E-state index contributed by atoms with van der Waals surface area (Å²) in [6.07, 6.45) is 4.23. The Bertz CT molecular complexity index is 215. The average Bonchev–Trinajstić information content (AvgIpc) is 2.37. The maximum Gasteiger partial charge on any atom is 0.404 e. The first kappa shape index (κ1) is 18.1. The molecule has 1 amide bonds. The Kier molecular flexibility index (Phi) is 13.0. The highest BCUT2D eigenvalue weighted by molar-refractivity contribution is 5.64. The molecule has 6 nitrogen and oxygen atoms in total. The highest BCUT2D eigenvalue weighted by Gasteiger charge is 2.02. The molecule has 1 unspecified atom stereocenters. The third kappa shape index (κ3) is 15.1. The van der Waals surface area contributed by atoms with Gasteiger partial charge < -0.3 is 25.7 Å². The van der Waals surface area contributed by atoms with Crippen LogP contribution in [0.15, 0.2) is 0 Å². The van der Waals surface area contributed by atoms with Crippen LogP contribution in [0.25, 0.3) is 0 Å². The van der Waals surface area contributed by atoms with Gasteiger partial charge in [-0.15, -0.1) is 0 Å². The van der Waals surface area contributed by atoms with Crippen LogP contribution in [0.2, 0.25) is 0 Å². The van der Waals surface area contributed by atoms with Crippen LogP contribution in [-0.2, 0) is 14.2 Å². The van der Waals surface area contributed by atoms with Crippen molar-refractivity contribution in [3.05, 3.63) is 0 Å². The highest BCUT2D eigenvalue weighted by Crippen LogP contribution is 2.02. The van der Waals surface area contributed by atoms with E-state index in [2.05, 4.69) is 4.74 Å². The number of hydrogen-bond acceptors (Lipinski definition) is 5. The topological polar surface area (TPSA) is 96.8 Å². The van der Waals surface area contributed by atoms with Crippen molar-refractivity contribution in [2.24, 2.45) is 11.5 Å². The highest BCUT2D eigenvalue weighted by atomic mass is 16.5. The van der Waals surface area contributed by atoms with Gasteiger partial charge in [-0.2, -0.15) is 0 Å². The zero-order chi connectivity index (χ0) is 14.3. The first-order valence-electron chi connectivity index (χ1n) is 6.98. The standard InChI is InChI=1S/C13H28N2O4/c1-12(6-5-9-19-13(15)16)18-11-10-17-8-4-2-3-7-14/h12H,2-11,14H2,1H3,(H2,15,16). The molecule has 0 fully saturated rings. The lowest BCUT2D eigenvalue weighted by molar-refractivity contribution is 0.00600. The Balaban J connectivity index is 3.15. The van der Waals surface area contributed by atoms with Gasteiger partial charge in [0.15, 0.2) is 0 Å². The van der Waals surface area contributed by atoms with Crippen LogP contribution >= 0.6 is 0 Å². The minimum atomic E-state index is -0.725. The quantitative estimate of drug-likeness (QED) is 0.496. The van der Waals surface area contributed by atoms with Crippen molar-refractivity contribution in [2.45, 2.75) is 45.1 Å². The minimum Gasteiger partial charge on any atom is -0.450 e. The zero-order valence-corrected chi connectivity index (χ0v) is 11.9. The van der Waals surface area contributed by atoms with E-state index in [1.807, 2.05) is 6.92 Å². The van der Waals surface area contributed by atoms with Crippen molar-refractivity contribution >= 4 is 6.09 Å². The molecule has 0 aliphatic carbocycles. The van der Waals surface area contributed by atoms with E-state index >= 15 is 0 Å². The lowest BCUT2D eigenvalue weighted by Gasteiger charge is -2.13. The molecule has 0 aromatic carbocycles. The smallest absolute Gasteiger partial charge is 0.404 e. The summed E-state index contributed by atoms with van der Waals surface area (Å²) in [5.74, 6) is 0. The van der Waals surface area contributed by atoms with E-state index in [0.29, 0.717) is 19.8 Å². The fourth-order valence-electron chi connectivity index (χ4n) is 1.56.